The molecular weight excluding hydrogens is 759 g/mol. The van der Waals surface area contributed by atoms with Gasteiger partial charge in [-0.2, -0.15) is 0 Å². The molecule has 60 heavy (non-hydrogen) atoms. The van der Waals surface area contributed by atoms with Gasteiger partial charge in [0, 0.05) is 75.3 Å². The number of piperazine rings is 1. The predicted octanol–water partition coefficient (Wildman–Crippen LogP) is 4.92. The van der Waals surface area contributed by atoms with Crippen molar-refractivity contribution in [3.8, 4) is 5.75 Å². The Kier molecular flexibility index (Phi) is 12.1. The lowest BCUT2D eigenvalue weighted by atomic mass is 9.97. The molecule has 3 fully saturated rings. The van der Waals surface area contributed by atoms with Gasteiger partial charge in [-0.1, -0.05) is 72.8 Å². The molecule has 8 rings (SSSR count). The van der Waals surface area contributed by atoms with Gasteiger partial charge in [0.1, 0.15) is 23.8 Å². The van der Waals surface area contributed by atoms with Crippen molar-refractivity contribution < 1.29 is 29.0 Å². The number of para-hydroxylation sites is 1. The van der Waals surface area contributed by atoms with Gasteiger partial charge < -0.3 is 29.1 Å². The van der Waals surface area contributed by atoms with E-state index in [-0.39, 0.29) is 74.7 Å². The van der Waals surface area contributed by atoms with Crippen molar-refractivity contribution in [3.63, 3.8) is 0 Å². The van der Waals surface area contributed by atoms with E-state index in [1.54, 1.807) is 50.2 Å². The smallest absolute Gasteiger partial charge is 0.246 e. The van der Waals surface area contributed by atoms with Crippen molar-refractivity contribution in [1.29, 1.82) is 0 Å². The monoisotopic (exact) mass is 809 g/mol. The third-order valence-electron chi connectivity index (χ3n) is 11.7. The Morgan fingerprint density at radius 2 is 1.67 bits per heavy atom. The second-order valence-electron chi connectivity index (χ2n) is 15.7. The van der Waals surface area contributed by atoms with Crippen LogP contribution >= 0.6 is 0 Å². The first kappa shape index (κ1) is 40.5. The molecule has 0 aliphatic carbocycles. The van der Waals surface area contributed by atoms with E-state index >= 15 is 0 Å². The summed E-state index contributed by atoms with van der Waals surface area (Å²) in [6.07, 6.45) is 4.48. The molecule has 310 valence electrons. The highest BCUT2D eigenvalue weighted by Gasteiger charge is 2.51. The third-order valence-corrected chi connectivity index (χ3v) is 11.7. The largest absolute Gasteiger partial charge is 0.508 e. The van der Waals surface area contributed by atoms with Crippen LogP contribution in [0.3, 0.4) is 0 Å². The van der Waals surface area contributed by atoms with Gasteiger partial charge in [-0.3, -0.25) is 19.2 Å². The number of amides is 3. The minimum Gasteiger partial charge on any atom is -0.508 e. The molecule has 0 spiro atoms. The summed E-state index contributed by atoms with van der Waals surface area (Å²) in [6, 6.07) is 27.3. The lowest BCUT2D eigenvalue weighted by molar-refractivity contribution is -0.205. The van der Waals surface area contributed by atoms with Crippen molar-refractivity contribution in [1.82, 2.24) is 29.4 Å². The Balaban J connectivity index is 1.08. The van der Waals surface area contributed by atoms with Gasteiger partial charge >= 0.3 is 0 Å². The minimum atomic E-state index is -0.906. The van der Waals surface area contributed by atoms with E-state index in [1.165, 1.54) is 0 Å². The number of hydrogen-bond acceptors (Lipinski definition) is 9. The van der Waals surface area contributed by atoms with E-state index in [1.807, 2.05) is 84.5 Å². The molecule has 0 saturated carbocycles. The number of morpholine rings is 1. The number of aryl methyl sites for hydroxylation is 3. The summed E-state index contributed by atoms with van der Waals surface area (Å²) < 4.78 is 7.44. The number of benzene rings is 3. The number of Topliss-reactive ketones (excluding diaryl/α,β-unsaturated/α-hetero) is 1. The van der Waals surface area contributed by atoms with E-state index < -0.39 is 12.2 Å². The van der Waals surface area contributed by atoms with E-state index in [9.17, 15) is 24.3 Å². The number of nitrogens with zero attached hydrogens (tertiary/aromatic N) is 7. The molecule has 5 aromatic rings. The first-order valence-corrected chi connectivity index (χ1v) is 20.7. The van der Waals surface area contributed by atoms with Crippen LogP contribution in [0.25, 0.3) is 10.9 Å². The molecule has 3 aliphatic heterocycles. The van der Waals surface area contributed by atoms with Gasteiger partial charge in [-0.15, -0.1) is 6.58 Å². The fourth-order valence-corrected chi connectivity index (χ4v) is 8.83. The maximum absolute atomic E-state index is 14.7. The number of aromatic nitrogens is 2. The number of phenols is 1. The molecule has 13 nitrogen and oxygen atoms in total. The molecule has 0 unspecified atom stereocenters. The lowest BCUT2D eigenvalue weighted by Crippen LogP contribution is -2.75. The zero-order valence-electron chi connectivity index (χ0n) is 34.0. The van der Waals surface area contributed by atoms with Gasteiger partial charge in [0.25, 0.3) is 0 Å². The average Bonchev–Trinajstić information content (AvgIpc) is 3.61. The number of anilines is 1. The maximum atomic E-state index is 14.7. The molecule has 3 aromatic carbocycles. The Hall–Kier alpha value is -6.31. The number of pyridine rings is 1. The van der Waals surface area contributed by atoms with Crippen LogP contribution in [-0.2, 0) is 52.0 Å². The highest BCUT2D eigenvalue weighted by atomic mass is 16.5. The molecule has 0 bridgehead atoms. The number of hydrazine groups is 1. The quantitative estimate of drug-likeness (QED) is 0.123. The number of carbonyl (C=O) groups excluding carboxylic acids is 4. The van der Waals surface area contributed by atoms with Gasteiger partial charge in [-0.05, 0) is 53.8 Å². The summed E-state index contributed by atoms with van der Waals surface area (Å²) in [6.45, 7) is 7.29. The number of rotatable bonds is 14. The van der Waals surface area contributed by atoms with Crippen molar-refractivity contribution in [3.05, 3.63) is 138 Å². The van der Waals surface area contributed by atoms with Crippen molar-refractivity contribution in [2.24, 2.45) is 7.05 Å². The molecule has 1 N–H and O–H groups in total. The minimum absolute atomic E-state index is 0.00247. The summed E-state index contributed by atoms with van der Waals surface area (Å²) >= 11 is 0. The highest BCUT2D eigenvalue weighted by molar-refractivity contribution is 6.08. The van der Waals surface area contributed by atoms with Gasteiger partial charge in [0.15, 0.2) is 5.78 Å². The van der Waals surface area contributed by atoms with Gasteiger partial charge in [-0.25, -0.2) is 15.0 Å². The van der Waals surface area contributed by atoms with Gasteiger partial charge in [0.05, 0.1) is 31.8 Å². The molecule has 5 heterocycles. The van der Waals surface area contributed by atoms with E-state index in [2.05, 4.69) is 11.5 Å². The Morgan fingerprint density at radius 1 is 0.900 bits per heavy atom. The molecule has 0 radical (unpaired) electrons. The molecule has 2 atom stereocenters. The molecule has 3 saturated heterocycles. The number of hydrogen-bond donors (Lipinski definition) is 1. The number of fused-ring (bicyclic) bond motifs is 2. The zero-order valence-corrected chi connectivity index (χ0v) is 34.0. The van der Waals surface area contributed by atoms with E-state index in [4.69, 9.17) is 9.72 Å². The van der Waals surface area contributed by atoms with E-state index in [0.717, 1.165) is 52.2 Å². The Labute approximate surface area is 350 Å². The predicted molar refractivity (Wildman–Crippen MR) is 228 cm³/mol. The Morgan fingerprint density at radius 3 is 2.43 bits per heavy atom. The number of aromatic hydroxyl groups is 1. The second kappa shape index (κ2) is 17.9. The van der Waals surface area contributed by atoms with Crippen LogP contribution in [0.2, 0.25) is 0 Å². The molecule has 13 heteroatoms. The van der Waals surface area contributed by atoms with Crippen LogP contribution in [0.15, 0.2) is 110 Å². The van der Waals surface area contributed by atoms with Crippen LogP contribution in [0, 0.1) is 0 Å². The summed E-state index contributed by atoms with van der Waals surface area (Å²) in [4.78, 5) is 67.5. The highest BCUT2D eigenvalue weighted by Crippen LogP contribution is 2.32. The third kappa shape index (κ3) is 8.54. The normalized spacial score (nSPS) is 18.6. The number of ketones is 1. The molecule has 3 aliphatic rings. The van der Waals surface area contributed by atoms with Crippen molar-refractivity contribution >= 4 is 40.2 Å². The summed E-state index contributed by atoms with van der Waals surface area (Å²) in [7, 11) is 1.91. The van der Waals surface area contributed by atoms with E-state index in [0.29, 0.717) is 31.6 Å². The fraction of sp³-hybridized carbons (Fsp3) is 0.340. The SMILES string of the molecule is C=CCN1CC(=O)N2[C@@H](Cc3ccc(O)cc3)C(=O)N(Cc3cccc4c(C(=O)CCc5cccc(N6CCOCC6)n5)cn(C)c34)C[C@@H]2N1C(=O)CCc1ccccc1. The van der Waals surface area contributed by atoms with Crippen LogP contribution in [-0.4, -0.2) is 116 Å². The number of phenolic OH excluding ortho intramolecular Hbond substituents is 1. The van der Waals surface area contributed by atoms with Gasteiger partial charge in [0.2, 0.25) is 17.7 Å². The zero-order chi connectivity index (χ0) is 41.8. The summed E-state index contributed by atoms with van der Waals surface area (Å²) in [5.41, 5.74) is 4.93. The topological polar surface area (TPSA) is 132 Å². The first-order chi connectivity index (χ1) is 29.2. The Bertz CT molecular complexity index is 2370. The average molecular weight is 810 g/mol. The van der Waals surface area contributed by atoms with Crippen LogP contribution in [0.5, 0.6) is 5.75 Å². The van der Waals surface area contributed by atoms with Crippen molar-refractivity contribution in [2.75, 3.05) is 50.8 Å². The maximum Gasteiger partial charge on any atom is 0.246 e. The van der Waals surface area contributed by atoms with Crippen LogP contribution in [0.1, 0.15) is 45.6 Å². The molecule has 2 aromatic heterocycles. The lowest BCUT2D eigenvalue weighted by Gasteiger charge is -2.55. The van der Waals surface area contributed by atoms with Crippen molar-refractivity contribution in [2.45, 2.75) is 50.9 Å². The standard InChI is InChI=1S/C47H51N7O6/c1-3-23-52-32-45(58)53-40(28-34-15-19-37(55)20-16-34)47(59)51(31-43(53)54(52)44(57)22-17-33-9-5-4-6-10-33)29-35-11-7-13-38-39(30-49(2)46(35)38)41(56)21-18-36-12-8-14-42(48-36)50-24-26-60-27-25-50/h3-16,19-20,30,40,43,55H,1,17-18,21-29,31-32H2,2H3/t40-,43-/m0/s1. The van der Waals surface area contributed by atoms with Crippen LogP contribution < -0.4 is 4.90 Å². The summed E-state index contributed by atoms with van der Waals surface area (Å²) in [5, 5.41) is 14.2. The number of carbonyl (C=O) groups is 4. The molecule has 3 amide bonds. The second-order valence-corrected chi connectivity index (χ2v) is 15.7. The number of ether oxygens (including phenoxy) is 1. The molecular formula is C47H51N7O6. The van der Waals surface area contributed by atoms with Crippen LogP contribution in [0.4, 0.5) is 5.82 Å². The first-order valence-electron chi connectivity index (χ1n) is 20.7. The fourth-order valence-electron chi connectivity index (χ4n) is 8.83. The summed E-state index contributed by atoms with van der Waals surface area (Å²) in [5.74, 6) is 0.349.